The first-order valence-corrected chi connectivity index (χ1v) is 30.0. The molecule has 0 saturated heterocycles. The number of allylic oxidation sites excluding steroid dienone is 6. The molecule has 6 heteroatoms. The quantitative estimate of drug-likeness (QED) is 0.0199. The van der Waals surface area contributed by atoms with Crippen LogP contribution < -0.4 is 0 Å². The highest BCUT2D eigenvalue weighted by Gasteiger charge is 2.19. The van der Waals surface area contributed by atoms with Crippen LogP contribution >= 0.6 is 0 Å². The maximum absolute atomic E-state index is 12.9. The number of carbonyl (C=O) groups excluding carboxylic acids is 3. The predicted octanol–water partition coefficient (Wildman–Crippen LogP) is 20.0. The summed E-state index contributed by atoms with van der Waals surface area (Å²) in [5.74, 6) is -0.875. The van der Waals surface area contributed by atoms with Crippen molar-refractivity contribution in [2.24, 2.45) is 0 Å². The summed E-state index contributed by atoms with van der Waals surface area (Å²) < 4.78 is 16.9. The van der Waals surface area contributed by atoms with Gasteiger partial charge < -0.3 is 14.2 Å². The predicted molar refractivity (Wildman–Crippen MR) is 293 cm³/mol. The Kier molecular flexibility index (Phi) is 55.2. The van der Waals surface area contributed by atoms with Gasteiger partial charge in [0.25, 0.3) is 0 Å². The zero-order valence-corrected chi connectivity index (χ0v) is 45.6. The van der Waals surface area contributed by atoms with Crippen molar-refractivity contribution in [2.75, 3.05) is 13.2 Å². The van der Waals surface area contributed by atoms with Gasteiger partial charge in [-0.1, -0.05) is 269 Å². The minimum atomic E-state index is -0.777. The minimum Gasteiger partial charge on any atom is -0.462 e. The molecular weight excluding hydrogens is 841 g/mol. The van der Waals surface area contributed by atoms with Crippen LogP contribution in [0.1, 0.15) is 323 Å². The Morgan fingerprint density at radius 1 is 0.294 bits per heavy atom. The van der Waals surface area contributed by atoms with Crippen LogP contribution in [0, 0.1) is 0 Å². The number of unbranched alkanes of at least 4 members (excludes halogenated alkanes) is 39. The highest BCUT2D eigenvalue weighted by Crippen LogP contribution is 2.17. The van der Waals surface area contributed by atoms with E-state index in [1.54, 1.807) is 0 Å². The molecule has 0 fully saturated rings. The van der Waals surface area contributed by atoms with E-state index >= 15 is 0 Å². The van der Waals surface area contributed by atoms with Gasteiger partial charge in [-0.05, 0) is 70.6 Å². The van der Waals surface area contributed by atoms with Gasteiger partial charge >= 0.3 is 17.9 Å². The third-order valence-electron chi connectivity index (χ3n) is 13.4. The Bertz CT molecular complexity index is 1140. The molecule has 0 radical (unpaired) electrons. The van der Waals surface area contributed by atoms with E-state index in [1.807, 2.05) is 0 Å². The van der Waals surface area contributed by atoms with Crippen LogP contribution in [-0.4, -0.2) is 37.2 Å². The second-order valence-electron chi connectivity index (χ2n) is 20.3. The van der Waals surface area contributed by atoms with E-state index in [-0.39, 0.29) is 31.1 Å². The molecule has 0 N–H and O–H groups in total. The molecule has 0 bridgehead atoms. The molecule has 0 aromatic carbocycles. The van der Waals surface area contributed by atoms with E-state index < -0.39 is 6.10 Å². The number of rotatable bonds is 55. The zero-order valence-electron chi connectivity index (χ0n) is 45.6. The molecule has 1 unspecified atom stereocenters. The molecule has 68 heavy (non-hydrogen) atoms. The van der Waals surface area contributed by atoms with Crippen molar-refractivity contribution in [3.63, 3.8) is 0 Å². The zero-order chi connectivity index (χ0) is 49.3. The second kappa shape index (κ2) is 57.2. The fourth-order valence-corrected chi connectivity index (χ4v) is 8.84. The maximum Gasteiger partial charge on any atom is 0.306 e. The van der Waals surface area contributed by atoms with Gasteiger partial charge in [0.2, 0.25) is 0 Å². The first-order valence-electron chi connectivity index (χ1n) is 30.0. The third-order valence-corrected chi connectivity index (χ3v) is 13.4. The summed E-state index contributed by atoms with van der Waals surface area (Å²) in [5.41, 5.74) is 0. The van der Waals surface area contributed by atoms with E-state index in [4.69, 9.17) is 14.2 Å². The van der Waals surface area contributed by atoms with Gasteiger partial charge in [0.05, 0.1) is 0 Å². The van der Waals surface area contributed by atoms with E-state index in [0.29, 0.717) is 19.3 Å². The maximum atomic E-state index is 12.9. The normalized spacial score (nSPS) is 12.2. The van der Waals surface area contributed by atoms with E-state index in [9.17, 15) is 14.4 Å². The van der Waals surface area contributed by atoms with Crippen LogP contribution in [0.5, 0.6) is 0 Å². The fourth-order valence-electron chi connectivity index (χ4n) is 8.84. The topological polar surface area (TPSA) is 78.9 Å². The Morgan fingerprint density at radius 3 is 0.838 bits per heavy atom. The summed E-state index contributed by atoms with van der Waals surface area (Å²) in [6.07, 6.45) is 68.5. The number of ether oxygens (including phenoxy) is 3. The molecule has 0 aromatic heterocycles. The van der Waals surface area contributed by atoms with Gasteiger partial charge in [0.15, 0.2) is 6.10 Å². The molecule has 0 aromatic rings. The number of carbonyl (C=O) groups is 3. The average molecular weight is 956 g/mol. The smallest absolute Gasteiger partial charge is 0.306 e. The molecule has 0 aliphatic heterocycles. The highest BCUT2D eigenvalue weighted by atomic mass is 16.6. The lowest BCUT2D eigenvalue weighted by atomic mass is 10.0. The fraction of sp³-hybridized carbons (Fsp3) is 0.855. The third kappa shape index (κ3) is 54.6. The van der Waals surface area contributed by atoms with Crippen molar-refractivity contribution in [1.82, 2.24) is 0 Å². The molecule has 0 aliphatic carbocycles. The van der Waals surface area contributed by atoms with Crippen LogP contribution in [0.25, 0.3) is 0 Å². The van der Waals surface area contributed by atoms with E-state index in [0.717, 1.165) is 77.0 Å². The lowest BCUT2D eigenvalue weighted by Crippen LogP contribution is -2.30. The van der Waals surface area contributed by atoms with Gasteiger partial charge in [-0.3, -0.25) is 14.4 Å². The molecule has 0 spiro atoms. The molecule has 6 nitrogen and oxygen atoms in total. The second-order valence-corrected chi connectivity index (χ2v) is 20.3. The van der Waals surface area contributed by atoms with Crippen molar-refractivity contribution in [3.05, 3.63) is 36.5 Å². The van der Waals surface area contributed by atoms with Crippen LogP contribution in [0.15, 0.2) is 36.5 Å². The molecule has 0 saturated carbocycles. The summed E-state index contributed by atoms with van der Waals surface area (Å²) >= 11 is 0. The first-order chi connectivity index (χ1) is 33.5. The van der Waals surface area contributed by atoms with Crippen LogP contribution in [0.3, 0.4) is 0 Å². The van der Waals surface area contributed by atoms with Crippen molar-refractivity contribution in [1.29, 1.82) is 0 Å². The lowest BCUT2D eigenvalue weighted by molar-refractivity contribution is -0.167. The molecular formula is C62H114O6. The summed E-state index contributed by atoms with van der Waals surface area (Å²) in [4.78, 5) is 38.2. The van der Waals surface area contributed by atoms with Crippen molar-refractivity contribution >= 4 is 17.9 Å². The molecule has 1 atom stereocenters. The SMILES string of the molecule is CCCCCC/C=C\CCCCCCCCCC(=O)OCC(COC(=O)CCCCCCC/C=C\C=C/CCCCCCCCC)OC(=O)CCCCCCCCCCCCCCCCCCC. The van der Waals surface area contributed by atoms with Gasteiger partial charge in [0, 0.05) is 19.3 Å². The number of hydrogen-bond acceptors (Lipinski definition) is 6. The highest BCUT2D eigenvalue weighted by molar-refractivity contribution is 5.71. The van der Waals surface area contributed by atoms with Crippen molar-refractivity contribution in [3.8, 4) is 0 Å². The average Bonchev–Trinajstić information content (AvgIpc) is 3.34. The van der Waals surface area contributed by atoms with Crippen molar-refractivity contribution < 1.29 is 28.6 Å². The Morgan fingerprint density at radius 2 is 0.529 bits per heavy atom. The van der Waals surface area contributed by atoms with Gasteiger partial charge in [-0.25, -0.2) is 0 Å². The monoisotopic (exact) mass is 955 g/mol. The first kappa shape index (κ1) is 65.6. The van der Waals surface area contributed by atoms with Gasteiger partial charge in [0.1, 0.15) is 13.2 Å². The summed E-state index contributed by atoms with van der Waals surface area (Å²) in [7, 11) is 0. The Hall–Kier alpha value is -2.37. The van der Waals surface area contributed by atoms with Crippen LogP contribution in [0.2, 0.25) is 0 Å². The summed E-state index contributed by atoms with van der Waals surface area (Å²) in [6.45, 7) is 6.65. The van der Waals surface area contributed by atoms with Crippen LogP contribution in [0.4, 0.5) is 0 Å². The lowest BCUT2D eigenvalue weighted by Gasteiger charge is -2.18. The largest absolute Gasteiger partial charge is 0.462 e. The van der Waals surface area contributed by atoms with E-state index in [1.165, 1.54) is 205 Å². The minimum absolute atomic E-state index is 0.0759. The van der Waals surface area contributed by atoms with Crippen molar-refractivity contribution in [2.45, 2.75) is 329 Å². The molecule has 0 heterocycles. The van der Waals surface area contributed by atoms with E-state index in [2.05, 4.69) is 57.2 Å². The number of hydrogen-bond donors (Lipinski definition) is 0. The molecule has 0 amide bonds. The Labute approximate surface area is 423 Å². The Balaban J connectivity index is 4.37. The molecule has 398 valence electrons. The van der Waals surface area contributed by atoms with Gasteiger partial charge in [-0.15, -0.1) is 0 Å². The van der Waals surface area contributed by atoms with Crippen LogP contribution in [-0.2, 0) is 28.6 Å². The summed E-state index contributed by atoms with van der Waals surface area (Å²) in [5, 5.41) is 0. The number of esters is 3. The van der Waals surface area contributed by atoms with Gasteiger partial charge in [-0.2, -0.15) is 0 Å². The standard InChI is InChI=1S/C62H114O6/c1-4-7-10-13-16-19-22-25-28-30-32-34-37-40-43-46-49-52-55-61(64)67-58-59(57-66-60(63)54-51-48-45-42-39-36-33-27-24-21-18-15-12-9-6-3)68-62(65)56-53-50-47-44-41-38-35-31-29-26-23-20-17-14-11-8-5-2/h21,24,28,30,32,34,59H,4-20,22-23,25-27,29,31,33,35-58H2,1-3H3/b24-21-,30-28-,34-32-. The molecule has 0 aliphatic rings. The summed E-state index contributed by atoms with van der Waals surface area (Å²) in [6, 6.07) is 0. The molecule has 0 rings (SSSR count).